The summed E-state index contributed by atoms with van der Waals surface area (Å²) < 4.78 is 68.6. The van der Waals surface area contributed by atoms with E-state index in [9.17, 15) is 31.2 Å². The predicted molar refractivity (Wildman–Crippen MR) is 136 cm³/mol. The number of hydrogen-bond acceptors (Lipinski definition) is 7. The van der Waals surface area contributed by atoms with Crippen LogP contribution in [0.15, 0.2) is 59.5 Å². The van der Waals surface area contributed by atoms with Crippen LogP contribution >= 0.6 is 0 Å². The number of quaternary nitrogens is 1. The molecule has 202 valence electrons. The third-order valence-corrected chi connectivity index (χ3v) is 10.9. The molecule has 2 saturated heterocycles. The maximum atomic E-state index is 13.3. The third-order valence-electron chi connectivity index (χ3n) is 7.07. The first-order valence-electron chi connectivity index (χ1n) is 12.1. The van der Waals surface area contributed by atoms with Gasteiger partial charge in [-0.1, -0.05) is 18.2 Å². The van der Waals surface area contributed by atoms with Crippen LogP contribution in [0.5, 0.6) is 0 Å². The Bertz CT molecular complexity index is 1270. The van der Waals surface area contributed by atoms with Crippen LogP contribution in [0.1, 0.15) is 12.8 Å². The molecule has 1 amide bonds. The minimum Gasteiger partial charge on any atom is -0.627 e. The number of benzene rings is 2. The van der Waals surface area contributed by atoms with Crippen LogP contribution < -0.4 is 9.96 Å². The van der Waals surface area contributed by atoms with Gasteiger partial charge in [0.2, 0.25) is 20.0 Å². The molecule has 0 aromatic heterocycles. The van der Waals surface area contributed by atoms with Gasteiger partial charge in [-0.2, -0.15) is 8.61 Å². The van der Waals surface area contributed by atoms with Gasteiger partial charge in [0.25, 0.3) is 6.41 Å². The zero-order chi connectivity index (χ0) is 26.6. The third kappa shape index (κ3) is 6.36. The minimum atomic E-state index is -3.91. The van der Waals surface area contributed by atoms with E-state index in [-0.39, 0.29) is 43.3 Å². The lowest BCUT2D eigenvalue weighted by Gasteiger charge is -2.40. The summed E-state index contributed by atoms with van der Waals surface area (Å²) in [5.41, 5.74) is 0.786. The molecule has 2 aliphatic rings. The number of carbonyl (C=O) groups is 1. The monoisotopic (exact) mass is 554 g/mol. The van der Waals surface area contributed by atoms with E-state index in [1.807, 2.05) is 4.90 Å². The van der Waals surface area contributed by atoms with Gasteiger partial charge in [0, 0.05) is 50.9 Å². The van der Waals surface area contributed by atoms with Gasteiger partial charge in [-0.15, -0.1) is 0 Å². The van der Waals surface area contributed by atoms with E-state index in [1.165, 1.54) is 32.9 Å². The van der Waals surface area contributed by atoms with Crippen LogP contribution in [0.4, 0.5) is 10.1 Å². The number of halogens is 1. The molecule has 0 bridgehead atoms. The molecule has 0 spiro atoms. The van der Waals surface area contributed by atoms with Crippen molar-refractivity contribution in [3.05, 3.63) is 65.6 Å². The first-order chi connectivity index (χ1) is 17.6. The summed E-state index contributed by atoms with van der Waals surface area (Å²) in [5, 5.41) is 11.8. The highest BCUT2D eigenvalue weighted by atomic mass is 32.2. The van der Waals surface area contributed by atoms with Gasteiger partial charge in [0.1, 0.15) is 17.6 Å². The first-order valence-corrected chi connectivity index (χ1v) is 15.2. The predicted octanol–water partition coefficient (Wildman–Crippen LogP) is 0.286. The average molecular weight is 555 g/mol. The average Bonchev–Trinajstić information content (AvgIpc) is 2.92. The van der Waals surface area contributed by atoms with E-state index < -0.39 is 42.8 Å². The number of nitrogens with zero attached hydrogens (tertiary/aromatic N) is 3. The van der Waals surface area contributed by atoms with Crippen LogP contribution in [0.25, 0.3) is 0 Å². The van der Waals surface area contributed by atoms with Gasteiger partial charge in [-0.05, 0) is 49.2 Å². The summed E-state index contributed by atoms with van der Waals surface area (Å²) in [6, 6.07) is 12.8. The zero-order valence-electron chi connectivity index (χ0n) is 20.3. The molecule has 2 fully saturated rings. The van der Waals surface area contributed by atoms with Crippen molar-refractivity contribution in [1.29, 1.82) is 0 Å². The molecule has 0 radical (unpaired) electrons. The van der Waals surface area contributed by atoms with E-state index in [1.54, 1.807) is 30.3 Å². The molecule has 2 aromatic carbocycles. The van der Waals surface area contributed by atoms with Crippen molar-refractivity contribution in [2.24, 2.45) is 5.92 Å². The van der Waals surface area contributed by atoms with Crippen LogP contribution in [0.2, 0.25) is 0 Å². The van der Waals surface area contributed by atoms with Gasteiger partial charge < -0.3 is 15.2 Å². The molecule has 2 aromatic rings. The van der Waals surface area contributed by atoms with Crippen LogP contribution in [0, 0.1) is 16.9 Å². The lowest BCUT2D eigenvalue weighted by atomic mass is 9.92. The van der Waals surface area contributed by atoms with Gasteiger partial charge in [0.15, 0.2) is 0 Å². The Morgan fingerprint density at radius 3 is 2.22 bits per heavy atom. The number of piperidine rings is 1. The molecule has 37 heavy (non-hydrogen) atoms. The van der Waals surface area contributed by atoms with Crippen molar-refractivity contribution in [3.63, 3.8) is 0 Å². The Labute approximate surface area is 216 Å². The van der Waals surface area contributed by atoms with Crippen molar-refractivity contribution < 1.29 is 31.1 Å². The highest BCUT2D eigenvalue weighted by Crippen LogP contribution is 2.26. The second-order valence-corrected chi connectivity index (χ2v) is 13.3. The Kier molecular flexibility index (Phi) is 8.61. The maximum absolute atomic E-state index is 13.3. The molecule has 1 N–H and O–H groups in total. The summed E-state index contributed by atoms with van der Waals surface area (Å²) >= 11 is 0. The van der Waals surface area contributed by atoms with Crippen molar-refractivity contribution >= 4 is 32.1 Å². The van der Waals surface area contributed by atoms with E-state index in [0.29, 0.717) is 25.9 Å². The number of carbonyl (C=O) groups excluding carboxylic acids is 1. The first kappa shape index (κ1) is 27.6. The van der Waals surface area contributed by atoms with Gasteiger partial charge in [-0.3, -0.25) is 0 Å². The Hall–Kier alpha value is -2.42. The molecule has 10 nitrogen and oxygen atoms in total. The number of rotatable bonds is 9. The van der Waals surface area contributed by atoms with Crippen LogP contribution in [0.3, 0.4) is 0 Å². The van der Waals surface area contributed by atoms with Crippen LogP contribution in [-0.2, 0) is 24.8 Å². The quantitative estimate of drug-likeness (QED) is 0.349. The molecular formula is C24H31FN4O6S2. The second kappa shape index (κ2) is 11.5. The molecular weight excluding hydrogens is 523 g/mol. The SMILES string of the molecule is O=C[NH+]([O-])C(CS(=O)(=O)N1CCN(c2ccc(F)cc2)CC1)C1CCCN(S(=O)(=O)c2ccccc2)C1. The minimum absolute atomic E-state index is 0.0324. The van der Waals surface area contributed by atoms with E-state index in [2.05, 4.69) is 0 Å². The van der Waals surface area contributed by atoms with Crippen molar-refractivity contribution in [2.45, 2.75) is 23.8 Å². The van der Waals surface area contributed by atoms with Gasteiger partial charge in [0.05, 0.1) is 4.90 Å². The fourth-order valence-electron chi connectivity index (χ4n) is 5.01. The fourth-order valence-corrected chi connectivity index (χ4v) is 8.39. The normalized spacial score (nSPS) is 21.9. The summed E-state index contributed by atoms with van der Waals surface area (Å²) in [6.07, 6.45) is 1.03. The largest absolute Gasteiger partial charge is 0.627 e. The van der Waals surface area contributed by atoms with E-state index in [4.69, 9.17) is 0 Å². The smallest absolute Gasteiger partial charge is 0.300 e. The molecule has 13 heteroatoms. The Morgan fingerprint density at radius 2 is 1.59 bits per heavy atom. The van der Waals surface area contributed by atoms with Crippen molar-refractivity contribution in [3.8, 4) is 0 Å². The lowest BCUT2D eigenvalue weighted by molar-refractivity contribution is -0.787. The number of amides is 1. The standard InChI is InChI=1S/C24H31FN4O6S2/c25-21-8-10-22(11-9-21)26-13-15-27(16-14-26)36(32,33)18-24(29(31)19-30)20-5-4-12-28(17-20)37(34,35)23-6-2-1-3-7-23/h1-3,6-11,19-20,24,29H,4-5,12-18H2. The summed E-state index contributed by atoms with van der Waals surface area (Å²) in [5.74, 6) is -1.50. The topological polar surface area (TPSA) is 123 Å². The highest BCUT2D eigenvalue weighted by Gasteiger charge is 2.40. The molecule has 4 rings (SSSR count). The fraction of sp³-hybridized carbons (Fsp3) is 0.458. The summed E-state index contributed by atoms with van der Waals surface area (Å²) in [7, 11) is -7.72. The number of sulfonamides is 2. The van der Waals surface area contributed by atoms with E-state index >= 15 is 0 Å². The number of anilines is 1. The number of hydrogen-bond donors (Lipinski definition) is 1. The number of hydroxylamine groups is 2. The Morgan fingerprint density at radius 1 is 0.946 bits per heavy atom. The summed E-state index contributed by atoms with van der Waals surface area (Å²) in [6.45, 7) is 1.37. The van der Waals surface area contributed by atoms with Crippen LogP contribution in [-0.4, -0.2) is 82.9 Å². The number of nitrogens with one attached hydrogen (secondary N) is 1. The molecule has 3 atom stereocenters. The highest BCUT2D eigenvalue weighted by molar-refractivity contribution is 7.89. The zero-order valence-corrected chi connectivity index (χ0v) is 21.9. The molecule has 3 unspecified atom stereocenters. The molecule has 2 aliphatic heterocycles. The maximum Gasteiger partial charge on any atom is 0.300 e. The second-order valence-electron chi connectivity index (χ2n) is 9.35. The van der Waals surface area contributed by atoms with E-state index in [0.717, 1.165) is 5.69 Å². The molecule has 0 saturated carbocycles. The molecule has 2 heterocycles. The Balaban J connectivity index is 1.45. The van der Waals surface area contributed by atoms with Gasteiger partial charge >= 0.3 is 0 Å². The van der Waals surface area contributed by atoms with Gasteiger partial charge in [-0.25, -0.2) is 26.0 Å². The summed E-state index contributed by atoms with van der Waals surface area (Å²) in [4.78, 5) is 13.5. The lowest BCUT2D eigenvalue weighted by Crippen LogP contribution is -3.12. The van der Waals surface area contributed by atoms with Crippen molar-refractivity contribution in [1.82, 2.24) is 8.61 Å². The molecule has 0 aliphatic carbocycles. The number of piperazine rings is 1. The van der Waals surface area contributed by atoms with Crippen molar-refractivity contribution in [2.75, 3.05) is 49.9 Å².